The number of thiazole rings is 1. The summed E-state index contributed by atoms with van der Waals surface area (Å²) in [5, 5.41) is 12.0. The Bertz CT molecular complexity index is 1130. The molecule has 3 heterocycles. The molecule has 0 saturated carbocycles. The lowest BCUT2D eigenvalue weighted by molar-refractivity contribution is -0.148. The number of ether oxygens (including phenoxy) is 1. The van der Waals surface area contributed by atoms with Crippen molar-refractivity contribution in [3.63, 3.8) is 0 Å². The predicted molar refractivity (Wildman–Crippen MR) is 115 cm³/mol. The minimum atomic E-state index is -0.943. The van der Waals surface area contributed by atoms with Gasteiger partial charge < -0.3 is 14.8 Å². The number of H-pyrrole nitrogens is 1. The molecule has 0 spiro atoms. The molecule has 0 aliphatic carbocycles. The van der Waals surface area contributed by atoms with E-state index >= 15 is 0 Å². The van der Waals surface area contributed by atoms with Crippen LogP contribution < -0.4 is 4.74 Å². The molecule has 0 fully saturated rings. The van der Waals surface area contributed by atoms with Gasteiger partial charge in [-0.05, 0) is 50.2 Å². The van der Waals surface area contributed by atoms with Crippen LogP contribution in [0, 0.1) is 5.41 Å². The van der Waals surface area contributed by atoms with Crippen LogP contribution in [0.4, 0.5) is 0 Å². The van der Waals surface area contributed by atoms with Crippen LogP contribution in [-0.2, 0) is 4.79 Å². The number of aromatic nitrogens is 4. The highest BCUT2D eigenvalue weighted by atomic mass is 32.1. The van der Waals surface area contributed by atoms with Crippen LogP contribution >= 0.6 is 11.3 Å². The van der Waals surface area contributed by atoms with E-state index in [1.807, 2.05) is 41.8 Å². The number of hydrogen-bond donors (Lipinski definition) is 2. The fraction of sp³-hybridized carbons (Fsp3) is 0.182. The molecular weight excluding hydrogens is 400 g/mol. The van der Waals surface area contributed by atoms with Crippen LogP contribution in [0.3, 0.4) is 0 Å². The molecule has 152 valence electrons. The Kier molecular flexibility index (Phi) is 5.33. The number of nitrogens with zero attached hydrogens (tertiary/aromatic N) is 3. The van der Waals surface area contributed by atoms with Gasteiger partial charge in [-0.1, -0.05) is 0 Å². The molecule has 0 unspecified atom stereocenters. The van der Waals surface area contributed by atoms with Crippen LogP contribution in [0.2, 0.25) is 0 Å². The summed E-state index contributed by atoms with van der Waals surface area (Å²) in [5.41, 5.74) is 2.58. The van der Waals surface area contributed by atoms with E-state index in [4.69, 9.17) is 9.84 Å². The molecule has 4 aromatic rings. The third-order valence-corrected chi connectivity index (χ3v) is 5.41. The second-order valence-electron chi connectivity index (χ2n) is 7.42. The van der Waals surface area contributed by atoms with Gasteiger partial charge in [-0.3, -0.25) is 9.78 Å². The van der Waals surface area contributed by atoms with Gasteiger partial charge in [0, 0.05) is 28.9 Å². The summed E-state index contributed by atoms with van der Waals surface area (Å²) in [6, 6.07) is 11.3. The van der Waals surface area contributed by atoms with E-state index in [9.17, 15) is 4.79 Å². The summed E-state index contributed by atoms with van der Waals surface area (Å²) in [6.45, 7) is 3.36. The molecule has 7 nitrogen and oxygen atoms in total. The van der Waals surface area contributed by atoms with Crippen molar-refractivity contribution in [2.75, 3.05) is 6.61 Å². The number of carbonyl (C=O) groups is 1. The van der Waals surface area contributed by atoms with E-state index in [1.54, 1.807) is 43.8 Å². The van der Waals surface area contributed by atoms with E-state index in [2.05, 4.69) is 19.9 Å². The first-order chi connectivity index (χ1) is 14.4. The van der Waals surface area contributed by atoms with Gasteiger partial charge in [0.05, 0.1) is 23.0 Å². The molecule has 2 N–H and O–H groups in total. The number of aromatic amines is 1. The minimum absolute atomic E-state index is 0.0980. The van der Waals surface area contributed by atoms with Gasteiger partial charge in [-0.15, -0.1) is 11.3 Å². The van der Waals surface area contributed by atoms with Gasteiger partial charge in [0.2, 0.25) is 0 Å². The largest absolute Gasteiger partial charge is 0.492 e. The lowest BCUT2D eigenvalue weighted by Crippen LogP contribution is -2.30. The van der Waals surface area contributed by atoms with Crippen molar-refractivity contribution in [3.05, 3.63) is 60.4 Å². The molecule has 1 aromatic carbocycles. The SMILES string of the molecule is CC(C)(COc1ccc(-c2ccc(-c3ncc(-c4nccs4)[nH]3)cn2)cc1)C(=O)O. The maximum absolute atomic E-state index is 11.2. The molecular formula is C22H20N4O3S. The zero-order chi connectivity index (χ0) is 21.1. The van der Waals surface area contributed by atoms with Crippen molar-refractivity contribution >= 4 is 17.3 Å². The fourth-order valence-corrected chi connectivity index (χ4v) is 3.29. The van der Waals surface area contributed by atoms with Crippen molar-refractivity contribution in [1.29, 1.82) is 0 Å². The first kappa shape index (κ1) is 19.8. The Morgan fingerprint density at radius 2 is 1.83 bits per heavy atom. The van der Waals surface area contributed by atoms with E-state index in [-0.39, 0.29) is 6.61 Å². The summed E-state index contributed by atoms with van der Waals surface area (Å²) in [6.07, 6.45) is 5.31. The molecule has 0 radical (unpaired) electrons. The predicted octanol–water partition coefficient (Wildman–Crippen LogP) is 4.75. The van der Waals surface area contributed by atoms with Crippen LogP contribution in [0.1, 0.15) is 13.8 Å². The summed E-state index contributed by atoms with van der Waals surface area (Å²) in [5.74, 6) is 0.470. The molecule has 4 rings (SSSR count). The van der Waals surface area contributed by atoms with Crippen molar-refractivity contribution in [2.45, 2.75) is 13.8 Å². The highest BCUT2D eigenvalue weighted by Crippen LogP contribution is 2.26. The second kappa shape index (κ2) is 8.08. The maximum Gasteiger partial charge on any atom is 0.312 e. The van der Waals surface area contributed by atoms with E-state index < -0.39 is 11.4 Å². The van der Waals surface area contributed by atoms with Gasteiger partial charge in [0.1, 0.15) is 23.2 Å². The number of benzene rings is 1. The first-order valence-electron chi connectivity index (χ1n) is 9.30. The highest BCUT2D eigenvalue weighted by molar-refractivity contribution is 7.13. The average Bonchev–Trinajstić information content (AvgIpc) is 3.45. The van der Waals surface area contributed by atoms with Gasteiger partial charge in [0.25, 0.3) is 0 Å². The zero-order valence-corrected chi connectivity index (χ0v) is 17.3. The van der Waals surface area contributed by atoms with E-state index in [0.29, 0.717) is 5.75 Å². The van der Waals surface area contributed by atoms with E-state index in [0.717, 1.165) is 33.3 Å². The lowest BCUT2D eigenvalue weighted by atomic mass is 9.95. The molecule has 0 amide bonds. The Hall–Kier alpha value is -3.52. The smallest absolute Gasteiger partial charge is 0.312 e. The van der Waals surface area contributed by atoms with Gasteiger partial charge in [-0.25, -0.2) is 9.97 Å². The Morgan fingerprint density at radius 3 is 2.47 bits per heavy atom. The molecule has 0 aliphatic rings. The normalized spacial score (nSPS) is 11.4. The number of rotatable bonds is 7. The van der Waals surface area contributed by atoms with Crippen LogP contribution in [0.25, 0.3) is 33.3 Å². The fourth-order valence-electron chi connectivity index (χ4n) is 2.69. The standard InChI is InChI=1S/C22H20N4O3S/c1-22(2,21(27)28)13-29-16-6-3-14(4-7-16)17-8-5-15(11-24-17)19-25-12-18(26-19)20-23-9-10-30-20/h3-12H,13H2,1-2H3,(H,25,26)(H,27,28). The molecule has 8 heteroatoms. The monoisotopic (exact) mass is 420 g/mol. The van der Waals surface area contributed by atoms with Gasteiger partial charge in [-0.2, -0.15) is 0 Å². The number of nitrogens with one attached hydrogen (secondary N) is 1. The molecule has 0 saturated heterocycles. The molecule has 3 aromatic heterocycles. The Balaban J connectivity index is 1.45. The zero-order valence-electron chi connectivity index (χ0n) is 16.5. The number of hydrogen-bond acceptors (Lipinski definition) is 6. The first-order valence-corrected chi connectivity index (χ1v) is 10.2. The topological polar surface area (TPSA) is 101 Å². The molecule has 0 aliphatic heterocycles. The van der Waals surface area contributed by atoms with Crippen molar-refractivity contribution in [1.82, 2.24) is 19.9 Å². The molecule has 0 atom stereocenters. The number of carboxylic acid groups (broad SMARTS) is 1. The van der Waals surface area contributed by atoms with Crippen LogP contribution in [0.15, 0.2) is 60.4 Å². The third-order valence-electron chi connectivity index (χ3n) is 4.60. The number of carboxylic acids is 1. The molecule has 30 heavy (non-hydrogen) atoms. The van der Waals surface area contributed by atoms with Crippen molar-refractivity contribution in [2.24, 2.45) is 5.41 Å². The maximum atomic E-state index is 11.2. The Labute approximate surface area is 177 Å². The summed E-state index contributed by atoms with van der Waals surface area (Å²) in [4.78, 5) is 27.7. The lowest BCUT2D eigenvalue weighted by Gasteiger charge is -2.19. The highest BCUT2D eigenvalue weighted by Gasteiger charge is 2.28. The number of imidazole rings is 1. The quantitative estimate of drug-likeness (QED) is 0.447. The number of aliphatic carboxylic acids is 1. The molecule has 0 bridgehead atoms. The second-order valence-corrected chi connectivity index (χ2v) is 8.31. The summed E-state index contributed by atoms with van der Waals surface area (Å²) in [7, 11) is 0. The van der Waals surface area contributed by atoms with Crippen molar-refractivity contribution < 1.29 is 14.6 Å². The van der Waals surface area contributed by atoms with Gasteiger partial charge >= 0.3 is 5.97 Å². The van der Waals surface area contributed by atoms with Crippen molar-refractivity contribution in [3.8, 4) is 39.1 Å². The van der Waals surface area contributed by atoms with Crippen LogP contribution in [0.5, 0.6) is 5.75 Å². The third kappa shape index (κ3) is 4.23. The van der Waals surface area contributed by atoms with E-state index in [1.165, 1.54) is 0 Å². The Morgan fingerprint density at radius 1 is 1.07 bits per heavy atom. The summed E-state index contributed by atoms with van der Waals surface area (Å²) < 4.78 is 5.61. The average molecular weight is 420 g/mol. The van der Waals surface area contributed by atoms with Crippen LogP contribution in [-0.4, -0.2) is 37.6 Å². The summed E-state index contributed by atoms with van der Waals surface area (Å²) >= 11 is 1.55. The number of pyridine rings is 1. The minimum Gasteiger partial charge on any atom is -0.492 e. The van der Waals surface area contributed by atoms with Gasteiger partial charge in [0.15, 0.2) is 0 Å².